The Balaban J connectivity index is 2.54. The number of amides is 2. The van der Waals surface area contributed by atoms with Gasteiger partial charge in [-0.2, -0.15) is 9.39 Å². The van der Waals surface area contributed by atoms with Crippen LogP contribution in [0.25, 0.3) is 5.57 Å². The molecule has 0 bridgehead atoms. The minimum atomic E-state index is -1.57. The molecule has 0 unspecified atom stereocenters. The van der Waals surface area contributed by atoms with Crippen LogP contribution in [0, 0.1) is 6.92 Å². The van der Waals surface area contributed by atoms with E-state index in [1.807, 2.05) is 70.3 Å². The maximum absolute atomic E-state index is 12.7. The molecule has 1 rings (SSSR count). The molecule has 6 nitrogen and oxygen atoms in total. The molecule has 0 saturated carbocycles. The predicted molar refractivity (Wildman–Crippen MR) is 138 cm³/mol. The van der Waals surface area contributed by atoms with Crippen LogP contribution in [0.2, 0.25) is 0 Å². The number of aryl methyl sites for hydroxylation is 1. The first kappa shape index (κ1) is 26.7. The van der Waals surface area contributed by atoms with Gasteiger partial charge in [0.05, 0.1) is 6.54 Å². The Hall–Kier alpha value is -2.35. The lowest BCUT2D eigenvalue weighted by Crippen LogP contribution is -2.42. The Bertz CT molecular complexity index is 889. The molecule has 3 N–H and O–H groups in total. The fraction of sp³-hybridized carbons (Fsp3) is 0.417. The van der Waals surface area contributed by atoms with Crippen molar-refractivity contribution in [3.63, 3.8) is 0 Å². The molecule has 0 aliphatic rings. The largest absolute Gasteiger partial charge is 0.350 e. The Morgan fingerprint density at radius 2 is 1.90 bits per heavy atom. The number of carbonyl (C=O) groups is 2. The molecule has 0 atom stereocenters. The summed E-state index contributed by atoms with van der Waals surface area (Å²) in [5, 5.41) is 5.98. The zero-order valence-corrected chi connectivity index (χ0v) is 20.2. The van der Waals surface area contributed by atoms with Gasteiger partial charge in [-0.15, -0.1) is 0 Å². The van der Waals surface area contributed by atoms with E-state index in [9.17, 15) is 9.59 Å². The van der Waals surface area contributed by atoms with E-state index in [0.29, 0.717) is 31.0 Å². The molecule has 1 aromatic carbocycles. The number of nitrogens with one attached hydrogen (secondary N) is 3. The van der Waals surface area contributed by atoms with Gasteiger partial charge in [0.15, 0.2) is 0 Å². The van der Waals surface area contributed by atoms with Crippen molar-refractivity contribution in [1.29, 1.82) is 0 Å². The van der Waals surface area contributed by atoms with Crippen LogP contribution in [0.5, 0.6) is 0 Å². The normalized spacial score (nSPS) is 12.2. The zero-order chi connectivity index (χ0) is 23.3. The van der Waals surface area contributed by atoms with Gasteiger partial charge in [0.1, 0.15) is 0 Å². The van der Waals surface area contributed by atoms with Gasteiger partial charge < -0.3 is 15.5 Å². The maximum Gasteiger partial charge on any atom is 0.251 e. The fourth-order valence-corrected chi connectivity index (χ4v) is 4.03. The summed E-state index contributed by atoms with van der Waals surface area (Å²) in [6.45, 7) is 8.17. The van der Waals surface area contributed by atoms with Crippen molar-refractivity contribution in [2.75, 3.05) is 45.5 Å². The first-order valence-corrected chi connectivity index (χ1v) is 12.7. The first-order chi connectivity index (χ1) is 14.8. The van der Waals surface area contributed by atoms with E-state index in [1.54, 1.807) is 4.90 Å². The summed E-state index contributed by atoms with van der Waals surface area (Å²) in [6, 6.07) is 7.81. The number of carbonyl (C=O) groups excluding carboxylic acids is 2. The lowest BCUT2D eigenvalue weighted by atomic mass is 10.00. The number of benzene rings is 1. The second-order valence-electron chi connectivity index (χ2n) is 7.31. The number of likely N-dealkylation sites (N-methyl/N-ethyl adjacent to an activating group) is 2. The highest BCUT2D eigenvalue weighted by atomic mass is 32.2. The molecule has 2 amide bonds. The molecule has 0 aliphatic carbocycles. The second-order valence-corrected chi connectivity index (χ2v) is 10.0. The summed E-state index contributed by atoms with van der Waals surface area (Å²) in [4.78, 5) is 27.0. The van der Waals surface area contributed by atoms with E-state index < -0.39 is 9.39 Å². The lowest BCUT2D eigenvalue weighted by molar-refractivity contribution is -0.130. The van der Waals surface area contributed by atoms with E-state index in [1.165, 1.54) is 0 Å². The third kappa shape index (κ3) is 9.55. The maximum atomic E-state index is 12.7. The van der Waals surface area contributed by atoms with Gasteiger partial charge >= 0.3 is 0 Å². The highest BCUT2D eigenvalue weighted by Gasteiger charge is 2.15. The van der Waals surface area contributed by atoms with Gasteiger partial charge in [-0.1, -0.05) is 54.2 Å². The number of nitrogens with zero attached hydrogens (tertiary/aromatic N) is 1. The van der Waals surface area contributed by atoms with Gasteiger partial charge in [-0.3, -0.25) is 14.3 Å². The Labute approximate surface area is 188 Å². The van der Waals surface area contributed by atoms with Gasteiger partial charge in [0, 0.05) is 37.5 Å². The zero-order valence-electron chi connectivity index (χ0n) is 19.4. The molecule has 0 radical (unpaired) electrons. The summed E-state index contributed by atoms with van der Waals surface area (Å²) in [7, 11) is 0.317. The second kappa shape index (κ2) is 13.9. The molecule has 0 spiro atoms. The first-order valence-electron chi connectivity index (χ1n) is 10.5. The molecule has 0 aromatic heterocycles. The van der Waals surface area contributed by atoms with Gasteiger partial charge in [-0.25, -0.2) is 0 Å². The molecule has 0 saturated heterocycles. The minimum absolute atomic E-state index is 0.0229. The number of allylic oxidation sites excluding steroid dienone is 1. The summed E-state index contributed by atoms with van der Waals surface area (Å²) in [6.07, 6.45) is 5.88. The van der Waals surface area contributed by atoms with Crippen LogP contribution in [0.4, 0.5) is 0 Å². The van der Waals surface area contributed by atoms with Gasteiger partial charge in [0.25, 0.3) is 5.91 Å². The van der Waals surface area contributed by atoms with Crippen molar-refractivity contribution in [3.8, 4) is 0 Å². The smallest absolute Gasteiger partial charge is 0.251 e. The molecule has 31 heavy (non-hydrogen) atoms. The summed E-state index contributed by atoms with van der Waals surface area (Å²) < 4.78 is 3.21. The monoisotopic (exact) mass is 446 g/mol. The number of hydrogen-bond donors (Lipinski definition) is 3. The fourth-order valence-electron chi connectivity index (χ4n) is 2.98. The van der Waals surface area contributed by atoms with Gasteiger partial charge in [-0.05, 0) is 38.9 Å². The molecular formula is C24H38N4O2S. The van der Waals surface area contributed by atoms with E-state index >= 15 is 0 Å². The molecule has 0 aliphatic heterocycles. The molecular weight excluding hydrogens is 408 g/mol. The average Bonchev–Trinajstić information content (AvgIpc) is 2.74. The Morgan fingerprint density at radius 3 is 2.52 bits per heavy atom. The molecule has 172 valence electrons. The third-order valence-corrected chi connectivity index (χ3v) is 6.39. The predicted octanol–water partition coefficient (Wildman–Crippen LogP) is 2.31. The molecule has 7 heteroatoms. The van der Waals surface area contributed by atoms with Crippen LogP contribution in [0.15, 0.2) is 42.5 Å². The van der Waals surface area contributed by atoms with Crippen LogP contribution < -0.4 is 15.4 Å². The molecule has 0 heterocycles. The highest BCUT2D eigenvalue weighted by molar-refractivity contribution is 8.26. The van der Waals surface area contributed by atoms with Gasteiger partial charge in [0.2, 0.25) is 5.91 Å². The van der Waals surface area contributed by atoms with Crippen LogP contribution in [0.3, 0.4) is 0 Å². The summed E-state index contributed by atoms with van der Waals surface area (Å²) in [5.41, 5.74) is 2.61. The minimum Gasteiger partial charge on any atom is -0.350 e. The topological polar surface area (TPSA) is 73.5 Å². The van der Waals surface area contributed by atoms with Crippen LogP contribution in [-0.2, 0) is 9.59 Å². The van der Waals surface area contributed by atoms with Crippen molar-refractivity contribution < 1.29 is 9.59 Å². The lowest BCUT2D eigenvalue weighted by Gasteiger charge is -2.23. The standard InChI is InChI=1S/C24H38N4O2S/c1-7-21(22-14-10-9-13-20(22)3)24(30)26-16-17-28(8-2)23(29)19-27-31(5,6)18-12-11-15-25-4/h7,9-14,25,27H,5-6,8,15-19H2,1-4H3,(H,26,30)/b12-11+,21-7+. The van der Waals surface area contributed by atoms with E-state index in [2.05, 4.69) is 27.1 Å². The number of hydrogen-bond acceptors (Lipinski definition) is 4. The Kier molecular flexibility index (Phi) is 11.9. The van der Waals surface area contributed by atoms with Crippen LogP contribution in [-0.4, -0.2) is 74.0 Å². The van der Waals surface area contributed by atoms with E-state index in [4.69, 9.17) is 0 Å². The Morgan fingerprint density at radius 1 is 1.19 bits per heavy atom. The molecule has 0 fully saturated rings. The van der Waals surface area contributed by atoms with Crippen molar-refractivity contribution >= 4 is 38.5 Å². The van der Waals surface area contributed by atoms with E-state index in [-0.39, 0.29) is 18.4 Å². The van der Waals surface area contributed by atoms with Crippen molar-refractivity contribution in [2.24, 2.45) is 0 Å². The number of rotatable bonds is 13. The van der Waals surface area contributed by atoms with Crippen molar-refractivity contribution in [1.82, 2.24) is 20.3 Å². The average molecular weight is 447 g/mol. The van der Waals surface area contributed by atoms with Crippen molar-refractivity contribution in [3.05, 3.63) is 53.6 Å². The van der Waals surface area contributed by atoms with Crippen molar-refractivity contribution in [2.45, 2.75) is 20.8 Å². The SMILES string of the molecule is C=S(=C)(C/C=C/CNC)NCC(=O)N(CC)CCNC(=O)/C(=C/C)c1ccccc1C. The van der Waals surface area contributed by atoms with Crippen LogP contribution in [0.1, 0.15) is 25.0 Å². The third-order valence-electron chi connectivity index (χ3n) is 4.80. The highest BCUT2D eigenvalue weighted by Crippen LogP contribution is 2.18. The summed E-state index contributed by atoms with van der Waals surface area (Å²) >= 11 is 0. The van der Waals surface area contributed by atoms with Crippen LogP contribution >= 0.6 is 9.39 Å². The summed E-state index contributed by atoms with van der Waals surface area (Å²) in [5.74, 6) is 8.81. The quantitative estimate of drug-likeness (QED) is 0.247. The van der Waals surface area contributed by atoms with E-state index in [0.717, 1.165) is 17.7 Å². The molecule has 1 aromatic rings.